The maximum atomic E-state index is 5.77. The largest absolute Gasteiger partial charge is 0.456 e. The Hall–Kier alpha value is -3.47. The van der Waals surface area contributed by atoms with Gasteiger partial charge >= 0.3 is 0 Å². The van der Waals surface area contributed by atoms with Crippen LogP contribution in [0.4, 0.5) is 11.5 Å². The first-order valence-electron chi connectivity index (χ1n) is 8.36. The van der Waals surface area contributed by atoms with Gasteiger partial charge in [-0.15, -0.1) is 0 Å². The summed E-state index contributed by atoms with van der Waals surface area (Å²) in [5, 5.41) is 4.37. The predicted molar refractivity (Wildman–Crippen MR) is 103 cm³/mol. The van der Waals surface area contributed by atoms with Crippen LogP contribution in [0, 0.1) is 13.8 Å². The van der Waals surface area contributed by atoms with Crippen molar-refractivity contribution in [2.24, 2.45) is 0 Å². The lowest BCUT2D eigenvalue weighted by Crippen LogP contribution is -1.97. The minimum Gasteiger partial charge on any atom is -0.456 e. The molecule has 0 atom stereocenters. The number of fused-ring (bicyclic) bond motifs is 1. The van der Waals surface area contributed by atoms with Crippen molar-refractivity contribution in [3.63, 3.8) is 0 Å². The minimum atomic E-state index is 0.709. The van der Waals surface area contributed by atoms with Gasteiger partial charge in [0.2, 0.25) is 0 Å². The summed E-state index contributed by atoms with van der Waals surface area (Å²) in [6.45, 7) is 4.18. The topological polar surface area (TPSA) is 59.9 Å². The molecule has 0 aliphatic heterocycles. The number of pyridine rings is 1. The van der Waals surface area contributed by atoms with Crippen LogP contribution in [-0.2, 0) is 0 Å². The standard InChI is InChI=1S/C21H18N4O/c1-14-10-19-20(11-15(14)2)23-13-24-21(19)25-16-5-7-17(8-6-16)26-18-4-3-9-22-12-18/h3-13H,1-2H3,(H,23,24,25). The van der Waals surface area contributed by atoms with Crippen molar-refractivity contribution in [1.82, 2.24) is 15.0 Å². The SMILES string of the molecule is Cc1cc2ncnc(Nc3ccc(Oc4cccnc4)cc3)c2cc1C. The number of anilines is 2. The Kier molecular flexibility index (Phi) is 4.19. The molecule has 0 saturated heterocycles. The first kappa shape index (κ1) is 16.0. The quantitative estimate of drug-likeness (QED) is 0.554. The molecule has 0 aliphatic carbocycles. The number of hydrogen-bond donors (Lipinski definition) is 1. The molecular formula is C21H18N4O. The van der Waals surface area contributed by atoms with E-state index in [1.165, 1.54) is 11.1 Å². The van der Waals surface area contributed by atoms with Gasteiger partial charge < -0.3 is 10.1 Å². The first-order valence-corrected chi connectivity index (χ1v) is 8.36. The van der Waals surface area contributed by atoms with Crippen molar-refractivity contribution in [1.29, 1.82) is 0 Å². The number of rotatable bonds is 4. The van der Waals surface area contributed by atoms with Crippen LogP contribution in [0.2, 0.25) is 0 Å². The third-order valence-electron chi connectivity index (χ3n) is 4.24. The van der Waals surface area contributed by atoms with E-state index in [-0.39, 0.29) is 0 Å². The van der Waals surface area contributed by atoms with E-state index in [4.69, 9.17) is 4.74 Å². The maximum absolute atomic E-state index is 5.77. The molecule has 5 heteroatoms. The molecule has 0 radical (unpaired) electrons. The fraction of sp³-hybridized carbons (Fsp3) is 0.0952. The molecule has 0 bridgehead atoms. The van der Waals surface area contributed by atoms with Crippen LogP contribution in [0.25, 0.3) is 10.9 Å². The van der Waals surface area contributed by atoms with Crippen molar-refractivity contribution >= 4 is 22.4 Å². The molecule has 4 aromatic rings. The van der Waals surface area contributed by atoms with E-state index in [0.717, 1.165) is 28.2 Å². The summed E-state index contributed by atoms with van der Waals surface area (Å²) >= 11 is 0. The van der Waals surface area contributed by atoms with Gasteiger partial charge in [-0.1, -0.05) is 0 Å². The smallest absolute Gasteiger partial charge is 0.145 e. The van der Waals surface area contributed by atoms with Crippen molar-refractivity contribution in [3.8, 4) is 11.5 Å². The number of aryl methyl sites for hydroxylation is 2. The van der Waals surface area contributed by atoms with E-state index in [1.54, 1.807) is 18.7 Å². The normalized spacial score (nSPS) is 10.7. The van der Waals surface area contributed by atoms with E-state index in [0.29, 0.717) is 5.75 Å². The van der Waals surface area contributed by atoms with Gasteiger partial charge in [-0.3, -0.25) is 4.98 Å². The molecule has 0 amide bonds. The summed E-state index contributed by atoms with van der Waals surface area (Å²) in [6.07, 6.45) is 4.98. The molecule has 0 saturated carbocycles. The lowest BCUT2D eigenvalue weighted by atomic mass is 10.1. The third kappa shape index (κ3) is 3.32. The van der Waals surface area contributed by atoms with Gasteiger partial charge in [0.25, 0.3) is 0 Å². The van der Waals surface area contributed by atoms with Crippen LogP contribution in [0.5, 0.6) is 11.5 Å². The van der Waals surface area contributed by atoms with Gasteiger partial charge in [0, 0.05) is 17.3 Å². The summed E-state index contributed by atoms with van der Waals surface area (Å²) in [5.74, 6) is 2.25. The fourth-order valence-electron chi connectivity index (χ4n) is 2.70. The molecule has 128 valence electrons. The number of aromatic nitrogens is 3. The van der Waals surface area contributed by atoms with Crippen LogP contribution in [0.15, 0.2) is 67.3 Å². The molecule has 0 aliphatic rings. The number of nitrogens with one attached hydrogen (secondary N) is 1. The van der Waals surface area contributed by atoms with Gasteiger partial charge in [-0.25, -0.2) is 9.97 Å². The van der Waals surface area contributed by atoms with Crippen molar-refractivity contribution in [2.75, 3.05) is 5.32 Å². The summed E-state index contributed by atoms with van der Waals surface area (Å²) in [5.41, 5.74) is 4.30. The fourth-order valence-corrected chi connectivity index (χ4v) is 2.70. The summed E-state index contributed by atoms with van der Waals surface area (Å²) in [6, 6.07) is 15.7. The maximum Gasteiger partial charge on any atom is 0.145 e. The molecule has 0 spiro atoms. The molecule has 4 rings (SSSR count). The summed E-state index contributed by atoms with van der Waals surface area (Å²) in [4.78, 5) is 12.8. The van der Waals surface area contributed by atoms with Crippen LogP contribution in [0.3, 0.4) is 0 Å². The number of hydrogen-bond acceptors (Lipinski definition) is 5. The van der Waals surface area contributed by atoms with Crippen LogP contribution in [-0.4, -0.2) is 15.0 Å². The van der Waals surface area contributed by atoms with E-state index in [2.05, 4.69) is 46.2 Å². The average molecular weight is 342 g/mol. The Labute approximate surface area is 151 Å². The van der Waals surface area contributed by atoms with Gasteiger partial charge in [0.05, 0.1) is 11.7 Å². The molecule has 5 nitrogen and oxygen atoms in total. The molecule has 2 aromatic heterocycles. The monoisotopic (exact) mass is 342 g/mol. The highest BCUT2D eigenvalue weighted by Gasteiger charge is 2.07. The summed E-state index contributed by atoms with van der Waals surface area (Å²) < 4.78 is 5.77. The highest BCUT2D eigenvalue weighted by Crippen LogP contribution is 2.27. The van der Waals surface area contributed by atoms with E-state index >= 15 is 0 Å². The minimum absolute atomic E-state index is 0.709. The Morgan fingerprint density at radius 3 is 2.46 bits per heavy atom. The zero-order valence-electron chi connectivity index (χ0n) is 14.6. The number of ether oxygens (including phenoxy) is 1. The third-order valence-corrected chi connectivity index (χ3v) is 4.24. The van der Waals surface area contributed by atoms with Crippen LogP contribution >= 0.6 is 0 Å². The zero-order chi connectivity index (χ0) is 17.9. The lowest BCUT2D eigenvalue weighted by Gasteiger charge is -2.11. The average Bonchev–Trinajstić information content (AvgIpc) is 2.66. The van der Waals surface area contributed by atoms with Gasteiger partial charge in [0.1, 0.15) is 23.6 Å². The Bertz CT molecular complexity index is 1050. The number of nitrogens with zero attached hydrogens (tertiary/aromatic N) is 3. The second-order valence-corrected chi connectivity index (χ2v) is 6.12. The molecule has 2 aromatic carbocycles. The lowest BCUT2D eigenvalue weighted by molar-refractivity contribution is 0.480. The van der Waals surface area contributed by atoms with Crippen molar-refractivity contribution in [2.45, 2.75) is 13.8 Å². The molecular weight excluding hydrogens is 324 g/mol. The van der Waals surface area contributed by atoms with E-state index in [1.807, 2.05) is 36.4 Å². The predicted octanol–water partition coefficient (Wildman–Crippen LogP) is 5.18. The van der Waals surface area contributed by atoms with E-state index in [9.17, 15) is 0 Å². The molecule has 26 heavy (non-hydrogen) atoms. The van der Waals surface area contributed by atoms with E-state index < -0.39 is 0 Å². The van der Waals surface area contributed by atoms with Gasteiger partial charge in [-0.05, 0) is 73.5 Å². The Balaban J connectivity index is 1.58. The molecule has 0 fully saturated rings. The zero-order valence-corrected chi connectivity index (χ0v) is 14.6. The second kappa shape index (κ2) is 6.80. The molecule has 2 heterocycles. The van der Waals surface area contributed by atoms with Crippen LogP contribution < -0.4 is 10.1 Å². The van der Waals surface area contributed by atoms with Gasteiger partial charge in [0.15, 0.2) is 0 Å². The molecule has 0 unspecified atom stereocenters. The number of benzene rings is 2. The van der Waals surface area contributed by atoms with Crippen LogP contribution in [0.1, 0.15) is 11.1 Å². The molecule has 1 N–H and O–H groups in total. The second-order valence-electron chi connectivity index (χ2n) is 6.12. The highest BCUT2D eigenvalue weighted by molar-refractivity contribution is 5.91. The van der Waals surface area contributed by atoms with Crippen molar-refractivity contribution in [3.05, 3.63) is 78.4 Å². The van der Waals surface area contributed by atoms with Crippen molar-refractivity contribution < 1.29 is 4.74 Å². The summed E-state index contributed by atoms with van der Waals surface area (Å²) in [7, 11) is 0. The Morgan fingerprint density at radius 1 is 0.885 bits per heavy atom. The Morgan fingerprint density at radius 2 is 1.69 bits per heavy atom. The first-order chi connectivity index (χ1) is 12.7. The van der Waals surface area contributed by atoms with Gasteiger partial charge in [-0.2, -0.15) is 0 Å². The highest BCUT2D eigenvalue weighted by atomic mass is 16.5.